The zero-order valence-corrected chi connectivity index (χ0v) is 10.4. The van der Waals surface area contributed by atoms with Crippen LogP contribution in [0.2, 0.25) is 0 Å². The number of hydrogen-bond acceptors (Lipinski definition) is 3. The topological polar surface area (TPSA) is 41.6 Å². The summed E-state index contributed by atoms with van der Waals surface area (Å²) in [5, 5.41) is 3.32. The van der Waals surface area contributed by atoms with Gasteiger partial charge in [-0.25, -0.2) is 0 Å². The van der Waals surface area contributed by atoms with Gasteiger partial charge in [0.15, 0.2) is 0 Å². The molecule has 0 spiro atoms. The highest BCUT2D eigenvalue weighted by molar-refractivity contribution is 5.87. The molecule has 4 nitrogen and oxygen atoms in total. The summed E-state index contributed by atoms with van der Waals surface area (Å²) in [5.41, 5.74) is 2.34. The van der Waals surface area contributed by atoms with Gasteiger partial charge >= 0.3 is 0 Å². The number of hydrogen-bond donors (Lipinski definition) is 1. The third-order valence-corrected chi connectivity index (χ3v) is 3.60. The van der Waals surface area contributed by atoms with E-state index in [9.17, 15) is 4.79 Å². The summed E-state index contributed by atoms with van der Waals surface area (Å²) in [6.45, 7) is 2.95. The monoisotopic (exact) mass is 246 g/mol. The van der Waals surface area contributed by atoms with Gasteiger partial charge in [0.2, 0.25) is 5.91 Å². The summed E-state index contributed by atoms with van der Waals surface area (Å²) < 4.78 is 5.39. The fraction of sp³-hybridized carbons (Fsp3) is 0.500. The van der Waals surface area contributed by atoms with E-state index < -0.39 is 0 Å². The number of ether oxygens (including phenoxy) is 1. The van der Waals surface area contributed by atoms with Crippen LogP contribution in [0.25, 0.3) is 0 Å². The van der Waals surface area contributed by atoms with Crippen molar-refractivity contribution in [1.29, 1.82) is 0 Å². The van der Waals surface area contributed by atoms with Crippen molar-refractivity contribution < 1.29 is 9.53 Å². The molecule has 0 aromatic heterocycles. The molecule has 4 heteroatoms. The summed E-state index contributed by atoms with van der Waals surface area (Å²) in [4.78, 5) is 14.4. The lowest BCUT2D eigenvalue weighted by Crippen LogP contribution is -2.43. The van der Waals surface area contributed by atoms with Crippen molar-refractivity contribution in [2.75, 3.05) is 31.6 Å². The first-order valence-corrected chi connectivity index (χ1v) is 6.55. The lowest BCUT2D eigenvalue weighted by atomic mass is 10.1. The molecule has 0 unspecified atom stereocenters. The first-order chi connectivity index (χ1) is 8.84. The molecular weight excluding hydrogens is 228 g/mol. The Morgan fingerprint density at radius 3 is 3.06 bits per heavy atom. The zero-order valence-electron chi connectivity index (χ0n) is 10.4. The second-order valence-electron chi connectivity index (χ2n) is 4.85. The average molecular weight is 246 g/mol. The number of anilines is 1. The van der Waals surface area contributed by atoms with Gasteiger partial charge in [-0.1, -0.05) is 18.2 Å². The van der Waals surface area contributed by atoms with Crippen LogP contribution in [-0.4, -0.2) is 43.2 Å². The van der Waals surface area contributed by atoms with Crippen molar-refractivity contribution in [2.45, 2.75) is 18.9 Å². The molecule has 1 atom stereocenters. The predicted octanol–water partition coefficient (Wildman–Crippen LogP) is 1.27. The van der Waals surface area contributed by atoms with Crippen LogP contribution >= 0.6 is 0 Å². The number of fused-ring (bicyclic) bond motifs is 1. The third-order valence-electron chi connectivity index (χ3n) is 3.60. The number of para-hydroxylation sites is 1. The first kappa shape index (κ1) is 11.5. The molecule has 3 rings (SSSR count). The van der Waals surface area contributed by atoms with E-state index in [1.54, 1.807) is 0 Å². The second kappa shape index (κ2) is 4.98. The number of amides is 1. The quantitative estimate of drug-likeness (QED) is 0.811. The molecule has 1 N–H and O–H groups in total. The van der Waals surface area contributed by atoms with Crippen molar-refractivity contribution in [2.24, 2.45) is 0 Å². The zero-order chi connectivity index (χ0) is 12.4. The van der Waals surface area contributed by atoms with E-state index in [2.05, 4.69) is 11.4 Å². The maximum Gasteiger partial charge on any atom is 0.245 e. The molecule has 1 aromatic rings. The van der Waals surface area contributed by atoms with Gasteiger partial charge in [-0.15, -0.1) is 0 Å². The Morgan fingerprint density at radius 1 is 1.28 bits per heavy atom. The lowest BCUT2D eigenvalue weighted by Gasteiger charge is -2.23. The van der Waals surface area contributed by atoms with E-state index in [-0.39, 0.29) is 11.9 Å². The fourth-order valence-electron chi connectivity index (χ4n) is 2.63. The number of nitrogens with zero attached hydrogens (tertiary/aromatic N) is 1. The molecule has 2 heterocycles. The van der Waals surface area contributed by atoms with Crippen molar-refractivity contribution >= 4 is 11.6 Å². The van der Waals surface area contributed by atoms with Gasteiger partial charge in [-0.3, -0.25) is 4.79 Å². The van der Waals surface area contributed by atoms with Gasteiger partial charge < -0.3 is 15.0 Å². The number of carbonyl (C=O) groups is 1. The Balaban J connectivity index is 1.68. The van der Waals surface area contributed by atoms with Crippen LogP contribution in [-0.2, 0) is 16.0 Å². The SMILES string of the molecule is O=C([C@@H]1Cc2ccccc2N1)N1CCCOCC1. The molecule has 1 saturated heterocycles. The van der Waals surface area contributed by atoms with Crippen molar-refractivity contribution in [3.8, 4) is 0 Å². The molecule has 18 heavy (non-hydrogen) atoms. The van der Waals surface area contributed by atoms with E-state index in [0.29, 0.717) is 13.2 Å². The van der Waals surface area contributed by atoms with E-state index in [0.717, 1.165) is 31.7 Å². The van der Waals surface area contributed by atoms with Gasteiger partial charge in [-0.2, -0.15) is 0 Å². The summed E-state index contributed by atoms with van der Waals surface area (Å²) in [5.74, 6) is 0.205. The lowest BCUT2D eigenvalue weighted by molar-refractivity contribution is -0.131. The Morgan fingerprint density at radius 2 is 2.17 bits per heavy atom. The largest absolute Gasteiger partial charge is 0.380 e. The van der Waals surface area contributed by atoms with Crippen LogP contribution in [0, 0.1) is 0 Å². The molecule has 2 aliphatic heterocycles. The smallest absolute Gasteiger partial charge is 0.245 e. The predicted molar refractivity (Wildman–Crippen MR) is 69.6 cm³/mol. The molecule has 1 fully saturated rings. The molecule has 0 radical (unpaired) electrons. The maximum absolute atomic E-state index is 12.4. The normalized spacial score (nSPS) is 23.1. The molecule has 96 valence electrons. The van der Waals surface area contributed by atoms with E-state index in [1.165, 1.54) is 5.56 Å². The van der Waals surface area contributed by atoms with Crippen LogP contribution in [0.3, 0.4) is 0 Å². The van der Waals surface area contributed by atoms with E-state index in [4.69, 9.17) is 4.74 Å². The Hall–Kier alpha value is -1.55. The highest BCUT2D eigenvalue weighted by atomic mass is 16.5. The minimum atomic E-state index is -0.0968. The highest BCUT2D eigenvalue weighted by Gasteiger charge is 2.30. The van der Waals surface area contributed by atoms with Gasteiger partial charge in [0.25, 0.3) is 0 Å². The van der Waals surface area contributed by atoms with E-state index >= 15 is 0 Å². The number of nitrogens with one attached hydrogen (secondary N) is 1. The minimum absolute atomic E-state index is 0.0968. The Bertz CT molecular complexity index is 414. The van der Waals surface area contributed by atoms with Gasteiger partial charge in [0.1, 0.15) is 6.04 Å². The number of carbonyl (C=O) groups excluding carboxylic acids is 1. The minimum Gasteiger partial charge on any atom is -0.380 e. The van der Waals surface area contributed by atoms with Crippen LogP contribution in [0.5, 0.6) is 0 Å². The Labute approximate surface area is 107 Å². The second-order valence-corrected chi connectivity index (χ2v) is 4.85. The van der Waals surface area contributed by atoms with Crippen molar-refractivity contribution in [3.05, 3.63) is 29.8 Å². The van der Waals surface area contributed by atoms with Crippen LogP contribution in [0.4, 0.5) is 5.69 Å². The van der Waals surface area contributed by atoms with E-state index in [1.807, 2.05) is 23.1 Å². The van der Waals surface area contributed by atoms with Crippen molar-refractivity contribution in [3.63, 3.8) is 0 Å². The maximum atomic E-state index is 12.4. The summed E-state index contributed by atoms with van der Waals surface area (Å²) in [6, 6.07) is 8.04. The van der Waals surface area contributed by atoms with Gasteiger partial charge in [0, 0.05) is 31.8 Å². The molecular formula is C14H18N2O2. The molecule has 1 amide bonds. The molecule has 0 aliphatic carbocycles. The highest BCUT2D eigenvalue weighted by Crippen LogP contribution is 2.26. The van der Waals surface area contributed by atoms with Crippen LogP contribution in [0.15, 0.2) is 24.3 Å². The Kier molecular flexibility index (Phi) is 3.19. The summed E-state index contributed by atoms with van der Waals surface area (Å²) in [6.07, 6.45) is 1.73. The van der Waals surface area contributed by atoms with Gasteiger partial charge in [-0.05, 0) is 18.1 Å². The van der Waals surface area contributed by atoms with Crippen LogP contribution in [0.1, 0.15) is 12.0 Å². The summed E-state index contributed by atoms with van der Waals surface area (Å²) in [7, 11) is 0. The molecule has 1 aromatic carbocycles. The molecule has 2 aliphatic rings. The third kappa shape index (κ3) is 2.20. The fourth-order valence-corrected chi connectivity index (χ4v) is 2.63. The standard InChI is InChI=1S/C14H18N2O2/c17-14(16-6-3-8-18-9-7-16)13-10-11-4-1-2-5-12(11)15-13/h1-2,4-5,13,15H,3,6-10H2/t13-/m0/s1. The number of benzene rings is 1. The summed E-state index contributed by atoms with van der Waals surface area (Å²) >= 11 is 0. The average Bonchev–Trinajstić information content (AvgIpc) is 2.64. The number of rotatable bonds is 1. The first-order valence-electron chi connectivity index (χ1n) is 6.55. The molecule has 0 bridgehead atoms. The van der Waals surface area contributed by atoms with Gasteiger partial charge in [0.05, 0.1) is 6.61 Å². The molecule has 0 saturated carbocycles. The van der Waals surface area contributed by atoms with Crippen LogP contribution < -0.4 is 5.32 Å². The van der Waals surface area contributed by atoms with Crippen molar-refractivity contribution in [1.82, 2.24) is 4.90 Å².